The molecular weight excluding hydrogens is 438 g/mol. The molecular formula is C24H31N5O5. The number of aromatic nitrogens is 3. The fraction of sp³-hybridized carbons (Fsp3) is 0.583. The Labute approximate surface area is 197 Å². The van der Waals surface area contributed by atoms with Crippen molar-refractivity contribution >= 4 is 23.5 Å². The highest BCUT2D eigenvalue weighted by molar-refractivity contribution is 5.97. The summed E-state index contributed by atoms with van der Waals surface area (Å²) in [6.07, 6.45) is 6.78. The Balaban J connectivity index is 1.58. The van der Waals surface area contributed by atoms with Crippen molar-refractivity contribution < 1.29 is 19.4 Å². The lowest BCUT2D eigenvalue weighted by atomic mass is 10.1. The summed E-state index contributed by atoms with van der Waals surface area (Å²) in [4.78, 5) is 41.1. The third kappa shape index (κ3) is 3.89. The van der Waals surface area contributed by atoms with Crippen molar-refractivity contribution in [2.45, 2.75) is 71.1 Å². The lowest BCUT2D eigenvalue weighted by Gasteiger charge is -2.33. The molecule has 2 aromatic heterocycles. The molecule has 1 saturated carbocycles. The summed E-state index contributed by atoms with van der Waals surface area (Å²) in [5.41, 5.74) is 0.603. The van der Waals surface area contributed by atoms with E-state index in [4.69, 9.17) is 4.74 Å². The Morgan fingerprint density at radius 1 is 1.21 bits per heavy atom. The molecule has 5 rings (SSSR count). The number of carbonyl (C=O) groups excluding carboxylic acids is 2. The zero-order valence-corrected chi connectivity index (χ0v) is 19.8. The molecule has 2 aliphatic heterocycles. The summed E-state index contributed by atoms with van der Waals surface area (Å²) in [7, 11) is 0. The van der Waals surface area contributed by atoms with Crippen LogP contribution in [0.2, 0.25) is 0 Å². The van der Waals surface area contributed by atoms with Gasteiger partial charge in [0.1, 0.15) is 5.65 Å². The summed E-state index contributed by atoms with van der Waals surface area (Å²) >= 11 is 0. The average molecular weight is 470 g/mol. The van der Waals surface area contributed by atoms with Crippen LogP contribution in [0.3, 0.4) is 0 Å². The molecule has 0 radical (unpaired) electrons. The number of hydrogen-bond acceptors (Lipinski definition) is 6. The van der Waals surface area contributed by atoms with Crippen molar-refractivity contribution in [1.29, 1.82) is 0 Å². The van der Waals surface area contributed by atoms with Gasteiger partial charge in [0.25, 0.3) is 11.5 Å². The molecule has 4 heterocycles. The summed E-state index contributed by atoms with van der Waals surface area (Å²) in [6, 6.07) is 0.230. The van der Waals surface area contributed by atoms with Crippen molar-refractivity contribution in [3.05, 3.63) is 33.3 Å². The quantitative estimate of drug-likeness (QED) is 0.619. The summed E-state index contributed by atoms with van der Waals surface area (Å²) in [5.74, 6) is -1.08. The van der Waals surface area contributed by atoms with E-state index in [0.29, 0.717) is 36.7 Å². The van der Waals surface area contributed by atoms with Crippen LogP contribution in [0.15, 0.2) is 10.9 Å². The van der Waals surface area contributed by atoms with Gasteiger partial charge in [0.05, 0.1) is 31.0 Å². The van der Waals surface area contributed by atoms with Crippen molar-refractivity contribution in [2.75, 3.05) is 13.2 Å². The first-order valence-corrected chi connectivity index (χ1v) is 12.0. The highest BCUT2D eigenvalue weighted by atomic mass is 16.5. The molecule has 2 amide bonds. The van der Waals surface area contributed by atoms with Crippen LogP contribution in [0, 0.1) is 12.8 Å². The van der Waals surface area contributed by atoms with Gasteiger partial charge in [0, 0.05) is 24.2 Å². The van der Waals surface area contributed by atoms with Crippen LogP contribution in [0.1, 0.15) is 61.1 Å². The molecule has 0 aromatic carbocycles. The highest BCUT2D eigenvalue weighted by Gasteiger charge is 2.39. The first-order valence-electron chi connectivity index (χ1n) is 12.0. The number of morpholine rings is 1. The van der Waals surface area contributed by atoms with Crippen LogP contribution in [0.4, 0.5) is 0 Å². The SMILES string of the molecule is Cc1nn2c(O)c(C(=O)NC3CC3)c(=O)n(CC(C)C)c2c1C=CC(=O)N1C2CCC1COC2. The topological polar surface area (TPSA) is 118 Å². The second-order valence-electron chi connectivity index (χ2n) is 9.99. The fourth-order valence-corrected chi connectivity index (χ4v) is 5.01. The molecule has 2 N–H and O–H groups in total. The van der Waals surface area contributed by atoms with Gasteiger partial charge >= 0.3 is 0 Å². The minimum Gasteiger partial charge on any atom is -0.492 e. The van der Waals surface area contributed by atoms with Gasteiger partial charge in [-0.3, -0.25) is 19.0 Å². The van der Waals surface area contributed by atoms with E-state index in [2.05, 4.69) is 10.4 Å². The van der Waals surface area contributed by atoms with Crippen LogP contribution in [0.25, 0.3) is 11.7 Å². The molecule has 2 atom stereocenters. The van der Waals surface area contributed by atoms with Crippen LogP contribution in [-0.2, 0) is 16.1 Å². The second kappa shape index (κ2) is 8.57. The number of carbonyl (C=O) groups is 2. The average Bonchev–Trinajstić information content (AvgIpc) is 3.48. The van der Waals surface area contributed by atoms with Crippen LogP contribution < -0.4 is 10.9 Å². The highest BCUT2D eigenvalue weighted by Crippen LogP contribution is 2.30. The largest absolute Gasteiger partial charge is 0.492 e. The molecule has 2 unspecified atom stereocenters. The molecule has 3 fully saturated rings. The Morgan fingerprint density at radius 2 is 1.88 bits per heavy atom. The Morgan fingerprint density at radius 3 is 2.50 bits per heavy atom. The van der Waals surface area contributed by atoms with E-state index in [1.54, 1.807) is 13.0 Å². The number of nitrogens with zero attached hydrogens (tertiary/aromatic N) is 4. The maximum atomic E-state index is 13.4. The number of nitrogens with one attached hydrogen (secondary N) is 1. The van der Waals surface area contributed by atoms with E-state index in [-0.39, 0.29) is 35.5 Å². The molecule has 2 saturated heterocycles. The predicted molar refractivity (Wildman–Crippen MR) is 125 cm³/mol. The smallest absolute Gasteiger partial charge is 0.270 e. The van der Waals surface area contributed by atoms with Gasteiger partial charge in [-0.25, -0.2) is 0 Å². The van der Waals surface area contributed by atoms with Crippen molar-refractivity contribution in [3.63, 3.8) is 0 Å². The van der Waals surface area contributed by atoms with Gasteiger partial charge in [-0.05, 0) is 44.6 Å². The molecule has 1 aliphatic carbocycles. The first kappa shape index (κ1) is 22.6. The zero-order valence-electron chi connectivity index (χ0n) is 19.8. The number of aryl methyl sites for hydroxylation is 1. The van der Waals surface area contributed by atoms with Crippen LogP contribution in [-0.4, -0.2) is 67.3 Å². The van der Waals surface area contributed by atoms with Gasteiger partial charge in [-0.1, -0.05) is 13.8 Å². The normalized spacial score (nSPS) is 22.3. The van der Waals surface area contributed by atoms with Gasteiger partial charge in [0.15, 0.2) is 5.56 Å². The number of ether oxygens (including phenoxy) is 1. The molecule has 10 heteroatoms. The number of aromatic hydroxyl groups is 1. The first-order chi connectivity index (χ1) is 16.3. The van der Waals surface area contributed by atoms with Gasteiger partial charge in [-0.15, -0.1) is 0 Å². The van der Waals surface area contributed by atoms with Gasteiger partial charge in [-0.2, -0.15) is 9.61 Å². The van der Waals surface area contributed by atoms with E-state index < -0.39 is 17.3 Å². The molecule has 2 aromatic rings. The monoisotopic (exact) mass is 469 g/mol. The Kier molecular flexibility index (Phi) is 5.71. The van der Waals surface area contributed by atoms with Gasteiger partial charge < -0.3 is 20.1 Å². The van der Waals surface area contributed by atoms with Gasteiger partial charge in [0.2, 0.25) is 11.8 Å². The number of amides is 2. The van der Waals surface area contributed by atoms with E-state index in [9.17, 15) is 19.5 Å². The standard InChI is InChI=1S/C24H31N5O5/c1-13(2)10-27-22-18(8-9-19(30)28-16-6-7-17(28)12-34-11-16)14(3)26-29(22)24(33)20(23(27)32)21(31)25-15-4-5-15/h8-9,13,15-17,33H,4-7,10-12H2,1-3H3,(H,25,31). The molecule has 182 valence electrons. The summed E-state index contributed by atoms with van der Waals surface area (Å²) in [6.45, 7) is 7.13. The minimum atomic E-state index is -0.590. The van der Waals surface area contributed by atoms with E-state index in [0.717, 1.165) is 25.7 Å². The maximum Gasteiger partial charge on any atom is 0.270 e. The Bertz CT molecular complexity index is 1220. The molecule has 34 heavy (non-hydrogen) atoms. The van der Waals surface area contributed by atoms with Crippen molar-refractivity contribution in [1.82, 2.24) is 24.4 Å². The second-order valence-corrected chi connectivity index (χ2v) is 9.99. The van der Waals surface area contributed by atoms with Crippen LogP contribution in [0.5, 0.6) is 5.88 Å². The number of hydrogen-bond donors (Lipinski definition) is 2. The fourth-order valence-electron chi connectivity index (χ4n) is 5.01. The minimum absolute atomic E-state index is 0.0416. The molecule has 3 aliphatic rings. The van der Waals surface area contributed by atoms with Crippen LogP contribution >= 0.6 is 0 Å². The number of rotatable bonds is 6. The zero-order chi connectivity index (χ0) is 24.1. The van der Waals surface area contributed by atoms with E-state index in [1.807, 2.05) is 18.7 Å². The number of fused-ring (bicyclic) bond motifs is 3. The molecule has 2 bridgehead atoms. The molecule has 10 nitrogen and oxygen atoms in total. The third-order valence-corrected chi connectivity index (χ3v) is 6.80. The summed E-state index contributed by atoms with van der Waals surface area (Å²) in [5, 5.41) is 18.1. The maximum absolute atomic E-state index is 13.4. The molecule has 0 spiro atoms. The van der Waals surface area contributed by atoms with Crippen molar-refractivity contribution in [3.8, 4) is 5.88 Å². The third-order valence-electron chi connectivity index (χ3n) is 6.80. The van der Waals surface area contributed by atoms with E-state index in [1.165, 1.54) is 15.2 Å². The Hall–Kier alpha value is -3.14. The predicted octanol–water partition coefficient (Wildman–Crippen LogP) is 1.46. The van der Waals surface area contributed by atoms with E-state index >= 15 is 0 Å². The lowest BCUT2D eigenvalue weighted by Crippen LogP contribution is -2.48. The summed E-state index contributed by atoms with van der Waals surface area (Å²) < 4.78 is 8.29. The lowest BCUT2D eigenvalue weighted by molar-refractivity contribution is -0.135. The van der Waals surface area contributed by atoms with Crippen molar-refractivity contribution in [2.24, 2.45) is 5.92 Å².